The van der Waals surface area contributed by atoms with E-state index in [1.807, 2.05) is 12.1 Å². The average molecular weight is 262 g/mol. The highest BCUT2D eigenvalue weighted by Crippen LogP contribution is 2.16. The number of para-hydroxylation sites is 1. The van der Waals surface area contributed by atoms with Crippen LogP contribution in [0.1, 0.15) is 23.2 Å². The van der Waals surface area contributed by atoms with Gasteiger partial charge >= 0.3 is 0 Å². The predicted octanol–water partition coefficient (Wildman–Crippen LogP) is 1.04. The first-order valence-corrected chi connectivity index (χ1v) is 6.73. The first kappa shape index (κ1) is 13.8. The molecule has 0 saturated carbocycles. The highest BCUT2D eigenvalue weighted by molar-refractivity contribution is 5.99. The lowest BCUT2D eigenvalue weighted by Crippen LogP contribution is -2.39. The summed E-state index contributed by atoms with van der Waals surface area (Å²) in [5, 5.41) is 3.00. The van der Waals surface area contributed by atoms with Crippen molar-refractivity contribution in [3.63, 3.8) is 0 Å². The van der Waals surface area contributed by atoms with Gasteiger partial charge in [-0.3, -0.25) is 10.6 Å². The highest BCUT2D eigenvalue weighted by atomic mass is 16.1. The summed E-state index contributed by atoms with van der Waals surface area (Å²) >= 11 is 0. The van der Waals surface area contributed by atoms with Gasteiger partial charge in [0.25, 0.3) is 5.91 Å². The summed E-state index contributed by atoms with van der Waals surface area (Å²) in [5.41, 5.74) is 3.80. The minimum Gasteiger partial charge on any atom is -0.352 e. The molecule has 1 atom stereocenters. The number of piperidine rings is 1. The Balaban J connectivity index is 1.90. The van der Waals surface area contributed by atoms with Crippen LogP contribution in [0.15, 0.2) is 24.3 Å². The van der Waals surface area contributed by atoms with Gasteiger partial charge in [0, 0.05) is 13.1 Å². The number of likely N-dealkylation sites (tertiary alicyclic amines) is 1. The van der Waals surface area contributed by atoms with Crippen molar-refractivity contribution < 1.29 is 4.79 Å². The zero-order chi connectivity index (χ0) is 13.7. The molecule has 2 rings (SSSR count). The second-order valence-electron chi connectivity index (χ2n) is 5.17. The molecule has 1 aliphatic rings. The maximum Gasteiger partial charge on any atom is 0.253 e. The molecule has 4 N–H and O–H groups in total. The SMILES string of the molecule is CN1CCCC(CNC(=O)c2ccccc2NN)C1. The van der Waals surface area contributed by atoms with Gasteiger partial charge in [0.05, 0.1) is 11.3 Å². The quantitative estimate of drug-likeness (QED) is 0.560. The van der Waals surface area contributed by atoms with E-state index in [1.54, 1.807) is 12.1 Å². The smallest absolute Gasteiger partial charge is 0.253 e. The maximum atomic E-state index is 12.1. The van der Waals surface area contributed by atoms with Gasteiger partial charge in [0.1, 0.15) is 0 Å². The predicted molar refractivity (Wildman–Crippen MR) is 76.8 cm³/mol. The third kappa shape index (κ3) is 3.68. The molecule has 1 unspecified atom stereocenters. The monoisotopic (exact) mass is 262 g/mol. The zero-order valence-electron chi connectivity index (χ0n) is 11.4. The van der Waals surface area contributed by atoms with Crippen LogP contribution in [0.25, 0.3) is 0 Å². The molecule has 19 heavy (non-hydrogen) atoms. The van der Waals surface area contributed by atoms with Crippen LogP contribution in [0.3, 0.4) is 0 Å². The van der Waals surface area contributed by atoms with Crippen molar-refractivity contribution in [2.45, 2.75) is 12.8 Å². The molecule has 1 saturated heterocycles. The fourth-order valence-corrected chi connectivity index (χ4v) is 2.58. The van der Waals surface area contributed by atoms with Crippen LogP contribution in [0, 0.1) is 5.92 Å². The Bertz CT molecular complexity index is 435. The molecule has 0 spiro atoms. The number of anilines is 1. The second kappa shape index (κ2) is 6.54. The standard InChI is InChI=1S/C14H22N4O/c1-18-8-4-5-11(10-18)9-16-14(19)12-6-2-3-7-13(12)17-15/h2-3,6-7,11,17H,4-5,8-10,15H2,1H3,(H,16,19). The van der Waals surface area contributed by atoms with Crippen LogP contribution in [-0.2, 0) is 0 Å². The molecule has 1 aliphatic heterocycles. The Morgan fingerprint density at radius 2 is 2.26 bits per heavy atom. The van der Waals surface area contributed by atoms with Crippen LogP contribution in [-0.4, -0.2) is 37.5 Å². The number of nitrogens with two attached hydrogens (primary N) is 1. The van der Waals surface area contributed by atoms with Crippen molar-refractivity contribution in [3.8, 4) is 0 Å². The molecule has 0 radical (unpaired) electrons. The molecular weight excluding hydrogens is 240 g/mol. The van der Waals surface area contributed by atoms with E-state index in [-0.39, 0.29) is 5.91 Å². The van der Waals surface area contributed by atoms with Crippen LogP contribution >= 0.6 is 0 Å². The summed E-state index contributed by atoms with van der Waals surface area (Å²) in [7, 11) is 2.13. The minimum absolute atomic E-state index is 0.0678. The highest BCUT2D eigenvalue weighted by Gasteiger charge is 2.18. The summed E-state index contributed by atoms with van der Waals surface area (Å²) in [6, 6.07) is 7.26. The van der Waals surface area contributed by atoms with E-state index < -0.39 is 0 Å². The first-order chi connectivity index (χ1) is 9.20. The summed E-state index contributed by atoms with van der Waals surface area (Å²) < 4.78 is 0. The van der Waals surface area contributed by atoms with Crippen LogP contribution in [0.5, 0.6) is 0 Å². The number of nitrogens with zero attached hydrogens (tertiary/aromatic N) is 1. The summed E-state index contributed by atoms with van der Waals surface area (Å²) in [4.78, 5) is 14.4. The van der Waals surface area contributed by atoms with Crippen molar-refractivity contribution in [1.82, 2.24) is 10.2 Å². The van der Waals surface area contributed by atoms with E-state index in [1.165, 1.54) is 12.8 Å². The molecule has 0 bridgehead atoms. The number of nitrogens with one attached hydrogen (secondary N) is 2. The number of carbonyl (C=O) groups is 1. The van der Waals surface area contributed by atoms with E-state index >= 15 is 0 Å². The normalized spacial score (nSPS) is 20.0. The fraction of sp³-hybridized carbons (Fsp3) is 0.500. The Hall–Kier alpha value is -1.59. The molecule has 5 nitrogen and oxygen atoms in total. The van der Waals surface area contributed by atoms with Crippen molar-refractivity contribution in [2.24, 2.45) is 11.8 Å². The van der Waals surface area contributed by atoms with Gasteiger partial charge in [-0.1, -0.05) is 12.1 Å². The third-order valence-corrected chi connectivity index (χ3v) is 3.60. The first-order valence-electron chi connectivity index (χ1n) is 6.73. The lowest BCUT2D eigenvalue weighted by molar-refractivity contribution is 0.0937. The third-order valence-electron chi connectivity index (χ3n) is 3.60. The molecule has 1 aromatic rings. The molecule has 0 aromatic heterocycles. The number of benzene rings is 1. The number of rotatable bonds is 4. The van der Waals surface area contributed by atoms with E-state index in [0.29, 0.717) is 17.2 Å². The zero-order valence-corrected chi connectivity index (χ0v) is 11.4. The summed E-state index contributed by atoms with van der Waals surface area (Å²) in [6.45, 7) is 2.93. The number of hydrazine groups is 1. The van der Waals surface area contributed by atoms with E-state index in [9.17, 15) is 4.79 Å². The molecule has 1 fully saturated rings. The second-order valence-corrected chi connectivity index (χ2v) is 5.17. The number of carbonyl (C=O) groups excluding carboxylic acids is 1. The molecule has 1 aromatic carbocycles. The molecule has 1 amide bonds. The van der Waals surface area contributed by atoms with Crippen molar-refractivity contribution in [2.75, 3.05) is 32.1 Å². The van der Waals surface area contributed by atoms with Gasteiger partial charge in [-0.2, -0.15) is 0 Å². The Morgan fingerprint density at radius 1 is 1.47 bits per heavy atom. The summed E-state index contributed by atoms with van der Waals surface area (Å²) in [6.07, 6.45) is 2.39. The topological polar surface area (TPSA) is 70.4 Å². The van der Waals surface area contributed by atoms with E-state index in [2.05, 4.69) is 22.7 Å². The van der Waals surface area contributed by atoms with Gasteiger partial charge in [-0.25, -0.2) is 0 Å². The van der Waals surface area contributed by atoms with Crippen LogP contribution in [0.4, 0.5) is 5.69 Å². The molecule has 104 valence electrons. The van der Waals surface area contributed by atoms with Gasteiger partial charge in [-0.05, 0) is 44.5 Å². The van der Waals surface area contributed by atoms with Crippen LogP contribution in [0.2, 0.25) is 0 Å². The maximum absolute atomic E-state index is 12.1. The number of hydrogen-bond acceptors (Lipinski definition) is 4. The molecular formula is C14H22N4O. The Morgan fingerprint density at radius 3 is 3.00 bits per heavy atom. The van der Waals surface area contributed by atoms with Crippen molar-refractivity contribution in [3.05, 3.63) is 29.8 Å². The number of nitrogen functional groups attached to an aromatic ring is 1. The van der Waals surface area contributed by atoms with Gasteiger partial charge < -0.3 is 15.6 Å². The van der Waals surface area contributed by atoms with E-state index in [4.69, 9.17) is 5.84 Å². The lowest BCUT2D eigenvalue weighted by atomic mass is 9.98. The van der Waals surface area contributed by atoms with Crippen LogP contribution < -0.4 is 16.6 Å². The Labute approximate surface area is 114 Å². The molecule has 0 aliphatic carbocycles. The molecule has 1 heterocycles. The van der Waals surface area contributed by atoms with Gasteiger partial charge in [0.2, 0.25) is 0 Å². The number of amides is 1. The molecule has 5 heteroatoms. The van der Waals surface area contributed by atoms with E-state index in [0.717, 1.165) is 19.6 Å². The minimum atomic E-state index is -0.0678. The van der Waals surface area contributed by atoms with Gasteiger partial charge in [0.15, 0.2) is 0 Å². The lowest BCUT2D eigenvalue weighted by Gasteiger charge is -2.29. The fourth-order valence-electron chi connectivity index (χ4n) is 2.58. The summed E-state index contributed by atoms with van der Waals surface area (Å²) in [5.74, 6) is 5.88. The van der Waals surface area contributed by atoms with Crippen molar-refractivity contribution >= 4 is 11.6 Å². The number of hydrogen-bond donors (Lipinski definition) is 3. The van der Waals surface area contributed by atoms with Gasteiger partial charge in [-0.15, -0.1) is 0 Å². The Kier molecular flexibility index (Phi) is 4.76. The largest absolute Gasteiger partial charge is 0.352 e. The van der Waals surface area contributed by atoms with Crippen molar-refractivity contribution in [1.29, 1.82) is 0 Å². The average Bonchev–Trinajstić information content (AvgIpc) is 2.45.